The fourth-order valence-electron chi connectivity index (χ4n) is 4.13. The smallest absolute Gasteiger partial charge is 0.306 e. The quantitative estimate of drug-likeness (QED) is 0.618. The molecule has 0 aromatic rings. The van der Waals surface area contributed by atoms with E-state index in [0.29, 0.717) is 24.7 Å². The molecule has 1 saturated heterocycles. The minimum atomic E-state index is -0.627. The normalized spacial score (nSPS) is 53.6. The first-order chi connectivity index (χ1) is 7.02. The third-order valence-electron chi connectivity index (χ3n) is 4.55. The van der Waals surface area contributed by atoms with Crippen LogP contribution in [-0.2, 0) is 9.53 Å². The zero-order valence-electron chi connectivity index (χ0n) is 9.16. The highest BCUT2D eigenvalue weighted by Gasteiger charge is 2.62. The molecular weight excluding hydrogens is 192 g/mol. The molecule has 0 bridgehead atoms. The molecule has 3 aliphatic rings. The van der Waals surface area contributed by atoms with E-state index in [2.05, 4.69) is 0 Å². The number of ether oxygens (including phenoxy) is 1. The van der Waals surface area contributed by atoms with Gasteiger partial charge in [-0.2, -0.15) is 0 Å². The van der Waals surface area contributed by atoms with E-state index in [0.717, 1.165) is 19.3 Å². The molecule has 2 aliphatic carbocycles. The summed E-state index contributed by atoms with van der Waals surface area (Å²) in [7, 11) is 0. The van der Waals surface area contributed by atoms with Crippen LogP contribution in [-0.4, -0.2) is 22.3 Å². The molecule has 84 valence electrons. The van der Waals surface area contributed by atoms with Gasteiger partial charge in [-0.3, -0.25) is 4.79 Å². The van der Waals surface area contributed by atoms with Crippen molar-refractivity contribution in [2.45, 2.75) is 56.7 Å². The van der Waals surface area contributed by atoms with Gasteiger partial charge in [0.05, 0.1) is 12.0 Å². The van der Waals surface area contributed by atoms with Crippen molar-refractivity contribution in [3.63, 3.8) is 0 Å². The maximum Gasteiger partial charge on any atom is 0.306 e. The highest BCUT2D eigenvalue weighted by atomic mass is 16.6. The lowest BCUT2D eigenvalue weighted by molar-refractivity contribution is -0.155. The summed E-state index contributed by atoms with van der Waals surface area (Å²) in [4.78, 5) is 11.5. The number of rotatable bonds is 0. The zero-order chi connectivity index (χ0) is 10.7. The van der Waals surface area contributed by atoms with Gasteiger partial charge in [-0.25, -0.2) is 0 Å². The summed E-state index contributed by atoms with van der Waals surface area (Å²) < 4.78 is 5.61. The Kier molecular flexibility index (Phi) is 1.77. The fraction of sp³-hybridized carbons (Fsp3) is 0.917. The van der Waals surface area contributed by atoms with E-state index < -0.39 is 5.60 Å². The molecule has 2 saturated carbocycles. The molecule has 1 aliphatic heterocycles. The number of carbonyl (C=O) groups excluding carboxylic acids is 1. The standard InChI is InChI=1S/C12H18O3/c1-11(14)6-9-4-2-3-8-5-10(13)15-12(8,9)7-11/h8-9,14H,2-7H2,1H3/t8-,9+,11+,12+/m0/s1. The van der Waals surface area contributed by atoms with Crippen LogP contribution < -0.4 is 0 Å². The van der Waals surface area contributed by atoms with Crippen LogP contribution in [0.5, 0.6) is 0 Å². The minimum absolute atomic E-state index is 0.0513. The molecule has 3 fully saturated rings. The summed E-state index contributed by atoms with van der Waals surface area (Å²) in [6.07, 6.45) is 5.42. The molecule has 3 rings (SSSR count). The third-order valence-corrected chi connectivity index (χ3v) is 4.55. The Balaban J connectivity index is 1.97. The molecular formula is C12H18O3. The molecule has 1 N–H and O–H groups in total. The second-order valence-electron chi connectivity index (χ2n) is 5.84. The largest absolute Gasteiger partial charge is 0.458 e. The Hall–Kier alpha value is -0.570. The molecule has 1 heterocycles. The SMILES string of the molecule is C[C@@]1(O)C[C@H]2CCC[C@H]3CC(=O)O[C@@]23C1. The Morgan fingerprint density at radius 1 is 1.40 bits per heavy atom. The van der Waals surface area contributed by atoms with E-state index in [1.54, 1.807) is 0 Å². The molecule has 0 amide bonds. The second-order valence-corrected chi connectivity index (χ2v) is 5.84. The van der Waals surface area contributed by atoms with Crippen LogP contribution in [0.1, 0.15) is 45.4 Å². The highest BCUT2D eigenvalue weighted by Crippen LogP contribution is 2.58. The van der Waals surface area contributed by atoms with Gasteiger partial charge in [-0.15, -0.1) is 0 Å². The van der Waals surface area contributed by atoms with Crippen molar-refractivity contribution >= 4 is 5.97 Å². The van der Waals surface area contributed by atoms with Gasteiger partial charge >= 0.3 is 5.97 Å². The average Bonchev–Trinajstić information content (AvgIpc) is 2.53. The zero-order valence-corrected chi connectivity index (χ0v) is 9.16. The maximum atomic E-state index is 11.5. The summed E-state index contributed by atoms with van der Waals surface area (Å²) in [5, 5.41) is 10.2. The van der Waals surface area contributed by atoms with Gasteiger partial charge < -0.3 is 9.84 Å². The van der Waals surface area contributed by atoms with E-state index in [-0.39, 0.29) is 11.6 Å². The van der Waals surface area contributed by atoms with Crippen molar-refractivity contribution < 1.29 is 14.6 Å². The van der Waals surface area contributed by atoms with Gasteiger partial charge in [0.1, 0.15) is 5.60 Å². The van der Waals surface area contributed by atoms with E-state index in [9.17, 15) is 9.90 Å². The lowest BCUT2D eigenvalue weighted by atomic mass is 9.70. The van der Waals surface area contributed by atoms with Crippen LogP contribution in [0.25, 0.3) is 0 Å². The molecule has 15 heavy (non-hydrogen) atoms. The predicted octanol–water partition coefficient (Wildman–Crippen LogP) is 1.63. The van der Waals surface area contributed by atoms with Crippen molar-refractivity contribution in [3.8, 4) is 0 Å². The summed E-state index contributed by atoms with van der Waals surface area (Å²) in [5.41, 5.74) is -0.920. The topological polar surface area (TPSA) is 46.5 Å². The fourth-order valence-corrected chi connectivity index (χ4v) is 4.13. The number of esters is 1. The van der Waals surface area contributed by atoms with Gasteiger partial charge in [0, 0.05) is 18.3 Å². The highest BCUT2D eigenvalue weighted by molar-refractivity contribution is 5.73. The second kappa shape index (κ2) is 2.76. The summed E-state index contributed by atoms with van der Waals surface area (Å²) >= 11 is 0. The molecule has 0 radical (unpaired) electrons. The lowest BCUT2D eigenvalue weighted by Crippen LogP contribution is -2.43. The molecule has 3 heteroatoms. The van der Waals surface area contributed by atoms with Crippen LogP contribution in [0.3, 0.4) is 0 Å². The van der Waals surface area contributed by atoms with Crippen molar-refractivity contribution in [2.24, 2.45) is 11.8 Å². The number of hydrogen-bond donors (Lipinski definition) is 1. The van der Waals surface area contributed by atoms with Gasteiger partial charge in [-0.1, -0.05) is 6.42 Å². The molecule has 3 nitrogen and oxygen atoms in total. The Labute approximate surface area is 89.8 Å². The van der Waals surface area contributed by atoms with E-state index in [1.165, 1.54) is 6.42 Å². The maximum absolute atomic E-state index is 11.5. The lowest BCUT2D eigenvalue weighted by Gasteiger charge is -2.39. The van der Waals surface area contributed by atoms with E-state index in [1.807, 2.05) is 6.92 Å². The first kappa shape index (κ1) is 9.64. The van der Waals surface area contributed by atoms with Crippen molar-refractivity contribution in [2.75, 3.05) is 0 Å². The van der Waals surface area contributed by atoms with Crippen LogP contribution in [0, 0.1) is 11.8 Å². The van der Waals surface area contributed by atoms with Crippen LogP contribution in [0.15, 0.2) is 0 Å². The van der Waals surface area contributed by atoms with Crippen molar-refractivity contribution in [1.82, 2.24) is 0 Å². The van der Waals surface area contributed by atoms with E-state index in [4.69, 9.17) is 4.74 Å². The Morgan fingerprint density at radius 2 is 2.13 bits per heavy atom. The number of aliphatic hydroxyl groups is 1. The molecule has 0 aromatic carbocycles. The van der Waals surface area contributed by atoms with E-state index >= 15 is 0 Å². The van der Waals surface area contributed by atoms with Crippen molar-refractivity contribution in [3.05, 3.63) is 0 Å². The first-order valence-corrected chi connectivity index (χ1v) is 5.96. The van der Waals surface area contributed by atoms with Gasteiger partial charge in [0.25, 0.3) is 0 Å². The number of carbonyl (C=O) groups is 1. The number of hydrogen-bond acceptors (Lipinski definition) is 3. The summed E-state index contributed by atoms with van der Waals surface area (Å²) in [6.45, 7) is 1.88. The summed E-state index contributed by atoms with van der Waals surface area (Å²) in [6, 6.07) is 0. The van der Waals surface area contributed by atoms with Gasteiger partial charge in [0.15, 0.2) is 0 Å². The van der Waals surface area contributed by atoms with Crippen LogP contribution in [0.2, 0.25) is 0 Å². The van der Waals surface area contributed by atoms with Gasteiger partial charge in [0.2, 0.25) is 0 Å². The first-order valence-electron chi connectivity index (χ1n) is 5.96. The van der Waals surface area contributed by atoms with Crippen LogP contribution in [0.4, 0.5) is 0 Å². The van der Waals surface area contributed by atoms with Gasteiger partial charge in [-0.05, 0) is 26.2 Å². The molecule has 0 aromatic heterocycles. The summed E-state index contributed by atoms with van der Waals surface area (Å²) in [5.74, 6) is 0.722. The molecule has 1 spiro atoms. The third kappa shape index (κ3) is 1.25. The monoisotopic (exact) mass is 210 g/mol. The Bertz CT molecular complexity index is 310. The molecule has 0 unspecified atom stereocenters. The molecule has 4 atom stereocenters. The van der Waals surface area contributed by atoms with Crippen LogP contribution >= 0.6 is 0 Å². The minimum Gasteiger partial charge on any atom is -0.458 e. The van der Waals surface area contributed by atoms with Crippen molar-refractivity contribution in [1.29, 1.82) is 0 Å². The average molecular weight is 210 g/mol. The Morgan fingerprint density at radius 3 is 2.93 bits per heavy atom. The predicted molar refractivity (Wildman–Crippen MR) is 54.1 cm³/mol.